The van der Waals surface area contributed by atoms with Gasteiger partial charge >= 0.3 is 39.5 Å². The van der Waals surface area contributed by atoms with Crippen LogP contribution >= 0.6 is 15.6 Å². The molecule has 0 aromatic carbocycles. The van der Waals surface area contributed by atoms with Gasteiger partial charge in [-0.15, -0.1) is 0 Å². The van der Waals surface area contributed by atoms with Crippen LogP contribution in [0.25, 0.3) is 0 Å². The number of rotatable bonds is 73. The number of phosphoric acid groups is 2. The molecule has 19 heteroatoms. The van der Waals surface area contributed by atoms with Crippen molar-refractivity contribution in [2.75, 3.05) is 39.6 Å². The predicted octanol–water partition coefficient (Wildman–Crippen LogP) is 22.0. The summed E-state index contributed by atoms with van der Waals surface area (Å²) in [5.74, 6) is 0.940. The number of hydrogen-bond acceptors (Lipinski definition) is 15. The third-order valence-corrected chi connectivity index (χ3v) is 19.8. The predicted molar refractivity (Wildman–Crippen MR) is 386 cm³/mol. The van der Waals surface area contributed by atoms with E-state index in [4.69, 9.17) is 37.0 Å². The van der Waals surface area contributed by atoms with Crippen LogP contribution in [0.1, 0.15) is 383 Å². The largest absolute Gasteiger partial charge is 0.472 e. The van der Waals surface area contributed by atoms with Gasteiger partial charge in [0.2, 0.25) is 0 Å². The lowest BCUT2D eigenvalue weighted by molar-refractivity contribution is -0.161. The fourth-order valence-corrected chi connectivity index (χ4v) is 13.1. The second kappa shape index (κ2) is 65.4. The van der Waals surface area contributed by atoms with Crippen LogP contribution in [0.4, 0.5) is 0 Å². The molecule has 3 N–H and O–H groups in total. The molecule has 17 nitrogen and oxygen atoms in total. The van der Waals surface area contributed by atoms with Crippen LogP contribution < -0.4 is 0 Å². The van der Waals surface area contributed by atoms with Crippen LogP contribution in [-0.4, -0.2) is 96.7 Å². The molecule has 0 saturated heterocycles. The molecule has 564 valence electrons. The van der Waals surface area contributed by atoms with Gasteiger partial charge in [-0.1, -0.05) is 331 Å². The molecule has 0 aromatic heterocycles. The van der Waals surface area contributed by atoms with Crippen LogP contribution in [0.5, 0.6) is 0 Å². The third kappa shape index (κ3) is 69.0. The Morgan fingerprint density at radius 1 is 0.295 bits per heavy atom. The van der Waals surface area contributed by atoms with E-state index in [9.17, 15) is 43.2 Å². The fraction of sp³-hybridized carbons (Fsp3) is 0.947. The summed E-state index contributed by atoms with van der Waals surface area (Å²) in [4.78, 5) is 72.8. The number of phosphoric ester groups is 2. The zero-order valence-corrected chi connectivity index (χ0v) is 64.1. The number of unbranched alkanes of at least 4 members (excludes halogenated alkanes) is 38. The quantitative estimate of drug-likeness (QED) is 0.0222. The molecule has 0 amide bonds. The molecule has 3 unspecified atom stereocenters. The lowest BCUT2D eigenvalue weighted by atomic mass is 9.99. The molecule has 0 bridgehead atoms. The Bertz CT molecular complexity index is 1870. The first kappa shape index (κ1) is 93.1. The molecule has 0 fully saturated rings. The number of aliphatic hydroxyl groups is 1. The Kier molecular flexibility index (Phi) is 64.0. The normalized spacial score (nSPS) is 14.4. The van der Waals surface area contributed by atoms with E-state index in [1.807, 2.05) is 0 Å². The van der Waals surface area contributed by atoms with Gasteiger partial charge in [-0.25, -0.2) is 9.13 Å². The number of aliphatic hydroxyl groups excluding tert-OH is 1. The Balaban J connectivity index is 5.25. The molecular formula is C76H148O17P2. The Labute approximate surface area is 581 Å². The highest BCUT2D eigenvalue weighted by Gasteiger charge is 2.30. The van der Waals surface area contributed by atoms with Gasteiger partial charge in [0, 0.05) is 25.7 Å². The minimum absolute atomic E-state index is 0.106. The minimum Gasteiger partial charge on any atom is -0.462 e. The highest BCUT2D eigenvalue weighted by Crippen LogP contribution is 2.45. The molecule has 0 aliphatic heterocycles. The van der Waals surface area contributed by atoms with Gasteiger partial charge in [0.15, 0.2) is 12.2 Å². The molecule has 0 rings (SSSR count). The van der Waals surface area contributed by atoms with E-state index in [0.717, 1.165) is 114 Å². The number of ether oxygens (including phenoxy) is 4. The summed E-state index contributed by atoms with van der Waals surface area (Å²) in [6.45, 7) is 14.2. The lowest BCUT2D eigenvalue weighted by Gasteiger charge is -2.21. The van der Waals surface area contributed by atoms with Crippen molar-refractivity contribution in [1.29, 1.82) is 0 Å². The van der Waals surface area contributed by atoms with Crippen molar-refractivity contribution in [1.82, 2.24) is 0 Å². The summed E-state index contributed by atoms with van der Waals surface area (Å²) in [7, 11) is -9.91. The van der Waals surface area contributed by atoms with Crippen molar-refractivity contribution in [3.05, 3.63) is 0 Å². The van der Waals surface area contributed by atoms with Crippen LogP contribution in [-0.2, 0) is 65.4 Å². The molecule has 0 aliphatic rings. The van der Waals surface area contributed by atoms with E-state index in [0.29, 0.717) is 31.6 Å². The van der Waals surface area contributed by atoms with E-state index in [1.54, 1.807) is 0 Å². The van der Waals surface area contributed by atoms with Gasteiger partial charge in [-0.3, -0.25) is 37.3 Å². The van der Waals surface area contributed by atoms with Crippen molar-refractivity contribution in [2.24, 2.45) is 23.7 Å². The molecule has 0 aromatic rings. The van der Waals surface area contributed by atoms with E-state index >= 15 is 0 Å². The summed E-state index contributed by atoms with van der Waals surface area (Å²) in [6, 6.07) is 0. The van der Waals surface area contributed by atoms with Crippen molar-refractivity contribution in [3.63, 3.8) is 0 Å². The van der Waals surface area contributed by atoms with E-state index in [-0.39, 0.29) is 25.7 Å². The van der Waals surface area contributed by atoms with E-state index in [1.165, 1.54) is 180 Å². The monoisotopic (exact) mass is 1400 g/mol. The standard InChI is InChI=1S/C76H148O17P2/c1-9-69(8)55-47-39-30-24-20-21-25-31-40-48-56-73(78)86-62-71(92-75(80)58-50-42-32-26-18-14-10-12-16-22-28-36-44-52-66(2)3)64-90-94(82,83)88-60-70(77)61-89-95(84,85)91-65-72(63-87-74(79)57-49-41-35-34-38-46-54-68(6)7)93-76(81)59-51-43-33-27-19-15-11-13-17-23-29-37-45-53-67(4)5/h66-72,77H,9-65H2,1-8H3,(H,82,83)(H,84,85)/t69?,70-,71-,72-/m1/s1. The average molecular weight is 1400 g/mol. The fourth-order valence-electron chi connectivity index (χ4n) is 11.5. The Hall–Kier alpha value is -1.94. The summed E-state index contributed by atoms with van der Waals surface area (Å²) >= 11 is 0. The maximum atomic E-state index is 13.1. The second-order valence-electron chi connectivity index (χ2n) is 29.1. The maximum absolute atomic E-state index is 13.1. The number of carbonyl (C=O) groups excluding carboxylic acids is 4. The Morgan fingerprint density at radius 3 is 0.747 bits per heavy atom. The topological polar surface area (TPSA) is 237 Å². The number of esters is 4. The van der Waals surface area contributed by atoms with Crippen molar-refractivity contribution in [3.8, 4) is 0 Å². The second-order valence-corrected chi connectivity index (χ2v) is 32.0. The molecule has 0 heterocycles. The van der Waals surface area contributed by atoms with Crippen LogP contribution in [0.15, 0.2) is 0 Å². The molecule has 95 heavy (non-hydrogen) atoms. The molecule has 0 aliphatic carbocycles. The SMILES string of the molecule is CCC(C)CCCCCCCCCCCCC(=O)OC[C@H](COP(=O)(O)OC[C@@H](O)COP(=O)(O)OC[C@@H](COC(=O)CCCCCCCCC(C)C)OC(=O)CCCCCCCCCCCCCCCC(C)C)OC(=O)CCCCCCCCCCCCCCCC(C)C. The van der Waals surface area contributed by atoms with Crippen LogP contribution in [0, 0.1) is 23.7 Å². The first-order chi connectivity index (χ1) is 45.6. The van der Waals surface area contributed by atoms with Gasteiger partial charge < -0.3 is 33.8 Å². The molecule has 0 saturated carbocycles. The Morgan fingerprint density at radius 2 is 0.505 bits per heavy atom. The van der Waals surface area contributed by atoms with Gasteiger partial charge in [0.25, 0.3) is 0 Å². The smallest absolute Gasteiger partial charge is 0.462 e. The van der Waals surface area contributed by atoms with Crippen LogP contribution in [0.2, 0.25) is 0 Å². The third-order valence-electron chi connectivity index (χ3n) is 17.9. The zero-order valence-electron chi connectivity index (χ0n) is 62.3. The van der Waals surface area contributed by atoms with Crippen molar-refractivity contribution >= 4 is 39.5 Å². The van der Waals surface area contributed by atoms with Gasteiger partial charge in [-0.05, 0) is 49.4 Å². The molecule has 6 atom stereocenters. The highest BCUT2D eigenvalue weighted by molar-refractivity contribution is 7.47. The summed E-state index contributed by atoms with van der Waals surface area (Å²) < 4.78 is 68.5. The van der Waals surface area contributed by atoms with Gasteiger partial charge in [0.05, 0.1) is 26.4 Å². The van der Waals surface area contributed by atoms with Gasteiger partial charge in [0.1, 0.15) is 19.3 Å². The maximum Gasteiger partial charge on any atom is 0.472 e. The van der Waals surface area contributed by atoms with E-state index < -0.39 is 97.5 Å². The first-order valence-corrected chi connectivity index (χ1v) is 42.2. The number of carbonyl (C=O) groups is 4. The summed E-state index contributed by atoms with van der Waals surface area (Å²) in [5.41, 5.74) is 0. The minimum atomic E-state index is -4.96. The highest BCUT2D eigenvalue weighted by atomic mass is 31.2. The first-order valence-electron chi connectivity index (χ1n) is 39.2. The van der Waals surface area contributed by atoms with E-state index in [2.05, 4.69) is 55.4 Å². The van der Waals surface area contributed by atoms with Crippen molar-refractivity contribution in [2.45, 2.75) is 401 Å². The molecule has 0 spiro atoms. The zero-order chi connectivity index (χ0) is 70.3. The molecular weight excluding hydrogens is 1250 g/mol. The lowest BCUT2D eigenvalue weighted by Crippen LogP contribution is -2.30. The average Bonchev–Trinajstić information content (AvgIpc) is 1.99. The van der Waals surface area contributed by atoms with Crippen molar-refractivity contribution < 1.29 is 80.2 Å². The summed E-state index contributed by atoms with van der Waals surface area (Å²) in [5, 5.41) is 10.6. The molecule has 0 radical (unpaired) electrons. The van der Waals surface area contributed by atoms with Gasteiger partial charge in [-0.2, -0.15) is 0 Å². The summed E-state index contributed by atoms with van der Waals surface area (Å²) in [6.07, 6.45) is 50.0. The number of hydrogen-bond donors (Lipinski definition) is 3. The van der Waals surface area contributed by atoms with Crippen LogP contribution in [0.3, 0.4) is 0 Å².